The van der Waals surface area contributed by atoms with Crippen LogP contribution in [0.25, 0.3) is 0 Å². The standard InChI is InChI=1S/C15H28N2O2/c1-3-6-10(7-4-2)15(18)17-13-12(16)11-8-5-9-19-14(11)13/h10-14H,3-9,16H2,1-2H3,(H,17,18). The summed E-state index contributed by atoms with van der Waals surface area (Å²) in [5.74, 6) is 0.775. The van der Waals surface area contributed by atoms with Crippen molar-refractivity contribution in [1.29, 1.82) is 0 Å². The maximum atomic E-state index is 12.3. The Bertz CT molecular complexity index is 303. The second-order valence-electron chi connectivity index (χ2n) is 6.03. The molecule has 4 nitrogen and oxygen atoms in total. The summed E-state index contributed by atoms with van der Waals surface area (Å²) in [6, 6.07) is 0.118. The Morgan fingerprint density at radius 1 is 1.37 bits per heavy atom. The summed E-state index contributed by atoms with van der Waals surface area (Å²) in [6.45, 7) is 5.07. The lowest BCUT2D eigenvalue weighted by Gasteiger charge is -2.52. The summed E-state index contributed by atoms with van der Waals surface area (Å²) in [6.07, 6.45) is 6.45. The molecule has 1 aliphatic carbocycles. The Labute approximate surface area is 116 Å². The zero-order chi connectivity index (χ0) is 13.8. The van der Waals surface area contributed by atoms with Gasteiger partial charge in [-0.05, 0) is 25.7 Å². The molecule has 0 bridgehead atoms. The van der Waals surface area contributed by atoms with Crippen molar-refractivity contribution >= 4 is 5.91 Å². The van der Waals surface area contributed by atoms with Gasteiger partial charge in [0.2, 0.25) is 5.91 Å². The number of rotatable bonds is 6. The van der Waals surface area contributed by atoms with E-state index >= 15 is 0 Å². The zero-order valence-electron chi connectivity index (χ0n) is 12.2. The molecule has 2 rings (SSSR count). The van der Waals surface area contributed by atoms with E-state index < -0.39 is 0 Å². The van der Waals surface area contributed by atoms with Gasteiger partial charge in [0.1, 0.15) is 0 Å². The number of nitrogens with two attached hydrogens (primary N) is 1. The lowest BCUT2D eigenvalue weighted by Crippen LogP contribution is -2.72. The highest BCUT2D eigenvalue weighted by atomic mass is 16.5. The molecule has 2 fully saturated rings. The molecule has 4 atom stereocenters. The fourth-order valence-corrected chi connectivity index (χ4v) is 3.51. The van der Waals surface area contributed by atoms with Crippen LogP contribution in [-0.2, 0) is 9.53 Å². The Balaban J connectivity index is 1.87. The Hall–Kier alpha value is -0.610. The largest absolute Gasteiger partial charge is 0.376 e. The van der Waals surface area contributed by atoms with Crippen molar-refractivity contribution < 1.29 is 9.53 Å². The molecular weight excluding hydrogens is 240 g/mol. The predicted molar refractivity (Wildman–Crippen MR) is 75.7 cm³/mol. The van der Waals surface area contributed by atoms with E-state index in [-0.39, 0.29) is 30.0 Å². The van der Waals surface area contributed by atoms with Crippen LogP contribution in [0.15, 0.2) is 0 Å². The maximum absolute atomic E-state index is 12.3. The predicted octanol–water partition coefficient (Wildman–Crippen LogP) is 1.82. The second-order valence-corrected chi connectivity index (χ2v) is 6.03. The molecule has 0 aromatic carbocycles. The minimum atomic E-state index is 0.0361. The number of carbonyl (C=O) groups is 1. The van der Waals surface area contributed by atoms with E-state index in [4.69, 9.17) is 10.5 Å². The number of hydrogen-bond acceptors (Lipinski definition) is 3. The Kier molecular flexibility index (Phi) is 5.22. The highest BCUT2D eigenvalue weighted by Gasteiger charge is 2.51. The first-order valence-corrected chi connectivity index (χ1v) is 7.86. The Morgan fingerprint density at radius 2 is 2.05 bits per heavy atom. The molecule has 1 aliphatic heterocycles. The number of amides is 1. The van der Waals surface area contributed by atoms with Crippen LogP contribution < -0.4 is 11.1 Å². The minimum absolute atomic E-state index is 0.0361. The van der Waals surface area contributed by atoms with Crippen LogP contribution in [-0.4, -0.2) is 30.7 Å². The van der Waals surface area contributed by atoms with Crippen LogP contribution in [0.4, 0.5) is 0 Å². The molecule has 0 spiro atoms. The number of hydrogen-bond donors (Lipinski definition) is 2. The normalized spacial score (nSPS) is 33.7. The van der Waals surface area contributed by atoms with Gasteiger partial charge in [-0.15, -0.1) is 0 Å². The van der Waals surface area contributed by atoms with Crippen molar-refractivity contribution in [3.8, 4) is 0 Å². The van der Waals surface area contributed by atoms with Crippen molar-refractivity contribution in [2.45, 2.75) is 70.6 Å². The minimum Gasteiger partial charge on any atom is -0.376 e. The molecule has 2 aliphatic rings. The molecule has 1 saturated heterocycles. The van der Waals surface area contributed by atoms with Gasteiger partial charge < -0.3 is 15.8 Å². The summed E-state index contributed by atoms with van der Waals surface area (Å²) in [5.41, 5.74) is 6.18. The summed E-state index contributed by atoms with van der Waals surface area (Å²) in [4.78, 5) is 12.3. The average molecular weight is 268 g/mol. The molecule has 1 amide bonds. The number of ether oxygens (including phenoxy) is 1. The molecule has 0 aromatic heterocycles. The van der Waals surface area contributed by atoms with E-state index in [0.29, 0.717) is 5.92 Å². The van der Waals surface area contributed by atoms with Gasteiger partial charge in [0.15, 0.2) is 0 Å². The molecule has 1 heterocycles. The van der Waals surface area contributed by atoms with Crippen LogP contribution in [0.1, 0.15) is 52.4 Å². The second kappa shape index (κ2) is 6.71. The highest BCUT2D eigenvalue weighted by molar-refractivity contribution is 5.79. The van der Waals surface area contributed by atoms with Crippen molar-refractivity contribution in [3.05, 3.63) is 0 Å². The van der Waals surface area contributed by atoms with Crippen molar-refractivity contribution in [2.75, 3.05) is 6.61 Å². The Morgan fingerprint density at radius 3 is 2.68 bits per heavy atom. The molecule has 4 heteroatoms. The van der Waals surface area contributed by atoms with E-state index in [1.807, 2.05) is 0 Å². The number of carbonyl (C=O) groups excluding carboxylic acids is 1. The van der Waals surface area contributed by atoms with Gasteiger partial charge in [-0.3, -0.25) is 4.79 Å². The fraction of sp³-hybridized carbons (Fsp3) is 0.933. The quantitative estimate of drug-likeness (QED) is 0.772. The van der Waals surface area contributed by atoms with Gasteiger partial charge in [0, 0.05) is 24.5 Å². The topological polar surface area (TPSA) is 64.4 Å². The van der Waals surface area contributed by atoms with E-state index in [9.17, 15) is 4.79 Å². The lowest BCUT2D eigenvalue weighted by atomic mass is 9.68. The van der Waals surface area contributed by atoms with Gasteiger partial charge in [-0.25, -0.2) is 0 Å². The van der Waals surface area contributed by atoms with Gasteiger partial charge in [0.05, 0.1) is 12.1 Å². The number of nitrogens with one attached hydrogen (secondary N) is 1. The molecule has 3 N–H and O–H groups in total. The van der Waals surface area contributed by atoms with Gasteiger partial charge in [-0.1, -0.05) is 26.7 Å². The lowest BCUT2D eigenvalue weighted by molar-refractivity contribution is -0.142. The zero-order valence-corrected chi connectivity index (χ0v) is 12.2. The van der Waals surface area contributed by atoms with Crippen molar-refractivity contribution in [3.63, 3.8) is 0 Å². The third kappa shape index (κ3) is 3.11. The third-order valence-corrected chi connectivity index (χ3v) is 4.63. The van der Waals surface area contributed by atoms with Crippen LogP contribution in [0.2, 0.25) is 0 Å². The first-order valence-electron chi connectivity index (χ1n) is 7.86. The first-order chi connectivity index (χ1) is 9.19. The smallest absolute Gasteiger partial charge is 0.223 e. The molecule has 0 radical (unpaired) electrons. The summed E-state index contributed by atoms with van der Waals surface area (Å²) < 4.78 is 5.77. The van der Waals surface area contributed by atoms with E-state index in [0.717, 1.165) is 45.1 Å². The molecule has 4 unspecified atom stereocenters. The van der Waals surface area contributed by atoms with E-state index in [2.05, 4.69) is 19.2 Å². The van der Waals surface area contributed by atoms with Crippen molar-refractivity contribution in [1.82, 2.24) is 5.32 Å². The average Bonchev–Trinajstić information content (AvgIpc) is 2.43. The monoisotopic (exact) mass is 268 g/mol. The van der Waals surface area contributed by atoms with Crippen LogP contribution >= 0.6 is 0 Å². The molecule has 0 aromatic rings. The number of fused-ring (bicyclic) bond motifs is 1. The van der Waals surface area contributed by atoms with Crippen LogP contribution in [0, 0.1) is 11.8 Å². The molecule has 1 saturated carbocycles. The highest BCUT2D eigenvalue weighted by Crippen LogP contribution is 2.37. The van der Waals surface area contributed by atoms with Gasteiger partial charge in [-0.2, -0.15) is 0 Å². The van der Waals surface area contributed by atoms with Crippen LogP contribution in [0.5, 0.6) is 0 Å². The summed E-state index contributed by atoms with van der Waals surface area (Å²) in [5, 5.41) is 3.15. The van der Waals surface area contributed by atoms with Gasteiger partial charge >= 0.3 is 0 Å². The van der Waals surface area contributed by atoms with Gasteiger partial charge in [0.25, 0.3) is 0 Å². The SMILES string of the molecule is CCCC(CCC)C(=O)NC1C(N)C2CCCOC21. The molecule has 19 heavy (non-hydrogen) atoms. The fourth-order valence-electron chi connectivity index (χ4n) is 3.51. The first kappa shape index (κ1) is 14.8. The van der Waals surface area contributed by atoms with Crippen LogP contribution in [0.3, 0.4) is 0 Å². The van der Waals surface area contributed by atoms with Crippen molar-refractivity contribution in [2.24, 2.45) is 17.6 Å². The summed E-state index contributed by atoms with van der Waals surface area (Å²) in [7, 11) is 0. The van der Waals surface area contributed by atoms with E-state index in [1.54, 1.807) is 0 Å². The third-order valence-electron chi connectivity index (χ3n) is 4.63. The molecular formula is C15H28N2O2. The van der Waals surface area contributed by atoms with E-state index in [1.165, 1.54) is 0 Å². The summed E-state index contributed by atoms with van der Waals surface area (Å²) >= 11 is 0. The maximum Gasteiger partial charge on any atom is 0.223 e. The molecule has 110 valence electrons.